The number of para-hydroxylation sites is 2. The Hall–Kier alpha value is -1.83. The van der Waals surface area contributed by atoms with Gasteiger partial charge in [-0.25, -0.2) is 0 Å². The quantitative estimate of drug-likeness (QED) is 0.604. The van der Waals surface area contributed by atoms with Crippen molar-refractivity contribution in [1.82, 2.24) is 5.32 Å². The van der Waals surface area contributed by atoms with E-state index in [2.05, 4.69) is 53.6 Å². The summed E-state index contributed by atoms with van der Waals surface area (Å²) in [4.78, 5) is 2.15. The molecule has 0 saturated heterocycles. The highest BCUT2D eigenvalue weighted by Gasteiger charge is 2.34. The highest BCUT2D eigenvalue weighted by Crippen LogP contribution is 2.44. The molecule has 24 heavy (non-hydrogen) atoms. The Morgan fingerprint density at radius 2 is 1.79 bits per heavy atom. The van der Waals surface area contributed by atoms with Gasteiger partial charge >= 0.3 is 0 Å². The predicted molar refractivity (Wildman–Crippen MR) is 112 cm³/mol. The molecule has 2 heterocycles. The Balaban J connectivity index is 1.76. The SMILES string of the molecule is Cc1ccccc1NC1=NS2=C(NC(=S)S2)N1c1ccccc1C. The minimum Gasteiger partial charge on any atom is -0.325 e. The zero-order valence-corrected chi connectivity index (χ0v) is 15.7. The van der Waals surface area contributed by atoms with E-state index in [0.29, 0.717) is 0 Å². The summed E-state index contributed by atoms with van der Waals surface area (Å²) in [5.41, 5.74) is 4.55. The van der Waals surface area contributed by atoms with E-state index >= 15 is 0 Å². The molecule has 0 aliphatic carbocycles. The maximum atomic E-state index is 5.32. The monoisotopic (exact) mass is 372 g/mol. The van der Waals surface area contributed by atoms with E-state index in [4.69, 9.17) is 16.6 Å². The average molecular weight is 373 g/mol. The molecule has 0 radical (unpaired) electrons. The fraction of sp³-hybridized carbons (Fsp3) is 0.118. The lowest BCUT2D eigenvalue weighted by Gasteiger charge is -2.25. The van der Waals surface area contributed by atoms with Crippen molar-refractivity contribution in [2.75, 3.05) is 10.2 Å². The second kappa shape index (κ2) is 6.23. The van der Waals surface area contributed by atoms with Crippen molar-refractivity contribution in [3.8, 4) is 0 Å². The third-order valence-corrected chi connectivity index (χ3v) is 7.57. The van der Waals surface area contributed by atoms with E-state index in [9.17, 15) is 0 Å². The summed E-state index contributed by atoms with van der Waals surface area (Å²) in [6.07, 6.45) is 0. The van der Waals surface area contributed by atoms with Gasteiger partial charge in [-0.15, -0.1) is 0 Å². The van der Waals surface area contributed by atoms with Gasteiger partial charge in [-0.05, 0) is 47.9 Å². The third-order valence-electron chi connectivity index (χ3n) is 3.86. The molecule has 1 atom stereocenters. The molecular formula is C17H16N4S3. The number of benzene rings is 2. The smallest absolute Gasteiger partial charge is 0.221 e. The molecule has 122 valence electrons. The number of anilines is 2. The third kappa shape index (κ3) is 2.72. The summed E-state index contributed by atoms with van der Waals surface area (Å²) in [6, 6.07) is 16.5. The number of rotatable bonds is 2. The second-order valence-corrected chi connectivity index (χ2v) is 9.28. The van der Waals surface area contributed by atoms with Crippen LogP contribution in [0.25, 0.3) is 0 Å². The van der Waals surface area contributed by atoms with Crippen LogP contribution in [0.5, 0.6) is 0 Å². The van der Waals surface area contributed by atoms with Gasteiger partial charge in [0.15, 0.2) is 9.43 Å². The maximum absolute atomic E-state index is 5.32. The standard InChI is InChI=1S/C17H16N4S3/c1-11-7-3-5-9-13(11)18-15-20-24-16(19-17(22)23-24)21(15)14-10-6-4-8-12(14)2/h3-10H,1-2H3,(H,18,20)(H,19,22). The first-order chi connectivity index (χ1) is 11.6. The summed E-state index contributed by atoms with van der Waals surface area (Å²) >= 11 is 5.32. The lowest BCUT2D eigenvalue weighted by atomic mass is 10.2. The van der Waals surface area contributed by atoms with Crippen molar-refractivity contribution in [3.63, 3.8) is 0 Å². The van der Waals surface area contributed by atoms with Gasteiger partial charge in [0.25, 0.3) is 0 Å². The fourth-order valence-corrected chi connectivity index (χ4v) is 6.19. The molecule has 0 fully saturated rings. The fourth-order valence-electron chi connectivity index (χ4n) is 2.62. The van der Waals surface area contributed by atoms with E-state index in [1.807, 2.05) is 24.3 Å². The lowest BCUT2D eigenvalue weighted by Crippen LogP contribution is -2.45. The Morgan fingerprint density at radius 3 is 2.54 bits per heavy atom. The molecule has 7 heteroatoms. The van der Waals surface area contributed by atoms with Crippen molar-refractivity contribution in [2.24, 2.45) is 4.40 Å². The van der Waals surface area contributed by atoms with Crippen LogP contribution in [0, 0.1) is 13.8 Å². The van der Waals surface area contributed by atoms with Gasteiger partial charge in [0, 0.05) is 15.4 Å². The molecule has 0 amide bonds. The number of hydrogen-bond acceptors (Lipinski definition) is 5. The molecule has 2 aromatic carbocycles. The van der Waals surface area contributed by atoms with Gasteiger partial charge in [0.1, 0.15) is 0 Å². The van der Waals surface area contributed by atoms with Gasteiger partial charge in [0.05, 0.1) is 5.69 Å². The lowest BCUT2D eigenvalue weighted by molar-refractivity contribution is 1.29. The summed E-state index contributed by atoms with van der Waals surface area (Å²) in [7, 11) is 1.29. The molecule has 2 aromatic rings. The van der Waals surface area contributed by atoms with Crippen LogP contribution in [-0.2, 0) is 0 Å². The number of hydrogen-bond donors (Lipinski definition) is 2. The van der Waals surface area contributed by atoms with Gasteiger partial charge in [0.2, 0.25) is 5.96 Å². The van der Waals surface area contributed by atoms with Gasteiger partial charge in [-0.3, -0.25) is 4.90 Å². The first kappa shape index (κ1) is 15.7. The van der Waals surface area contributed by atoms with Crippen molar-refractivity contribution < 1.29 is 0 Å². The van der Waals surface area contributed by atoms with Crippen molar-refractivity contribution >= 4 is 59.5 Å². The largest absolute Gasteiger partial charge is 0.325 e. The van der Waals surface area contributed by atoms with E-state index in [1.54, 1.807) is 10.8 Å². The van der Waals surface area contributed by atoms with Gasteiger partial charge in [-0.1, -0.05) is 48.6 Å². The number of guanidine groups is 1. The summed E-state index contributed by atoms with van der Waals surface area (Å²) in [5, 5.41) is 7.85. The van der Waals surface area contributed by atoms with Crippen LogP contribution in [0.15, 0.2) is 52.9 Å². The second-order valence-electron chi connectivity index (χ2n) is 5.53. The highest BCUT2D eigenvalue weighted by molar-refractivity contribution is 8.90. The van der Waals surface area contributed by atoms with Crippen molar-refractivity contribution in [3.05, 3.63) is 59.7 Å². The number of thiocarbonyl (C=S) groups is 1. The van der Waals surface area contributed by atoms with Crippen LogP contribution in [-0.4, -0.2) is 15.4 Å². The van der Waals surface area contributed by atoms with Crippen LogP contribution in [0.1, 0.15) is 11.1 Å². The van der Waals surface area contributed by atoms with Crippen molar-refractivity contribution in [2.45, 2.75) is 13.8 Å². The molecule has 1 unspecified atom stereocenters. The minimum atomic E-state index is -0.315. The normalized spacial score (nSPS) is 19.2. The molecule has 2 aliphatic rings. The zero-order chi connectivity index (χ0) is 16.7. The topological polar surface area (TPSA) is 39.7 Å². The van der Waals surface area contributed by atoms with Crippen molar-refractivity contribution in [1.29, 1.82) is 0 Å². The molecule has 0 spiro atoms. The molecule has 2 N–H and O–H groups in total. The average Bonchev–Trinajstić information content (AvgIpc) is 3.06. The number of aryl methyl sites for hydroxylation is 2. The maximum Gasteiger partial charge on any atom is 0.221 e. The predicted octanol–water partition coefficient (Wildman–Crippen LogP) is 4.40. The van der Waals surface area contributed by atoms with Gasteiger partial charge in [-0.2, -0.15) is 4.40 Å². The first-order valence-electron chi connectivity index (χ1n) is 7.51. The van der Waals surface area contributed by atoms with Crippen LogP contribution in [0.4, 0.5) is 11.4 Å². The van der Waals surface area contributed by atoms with E-state index in [1.165, 1.54) is 11.1 Å². The summed E-state index contributed by atoms with van der Waals surface area (Å²) in [5.74, 6) is 0.833. The van der Waals surface area contributed by atoms with Crippen LogP contribution >= 0.6 is 32.7 Å². The first-order valence-corrected chi connectivity index (χ1v) is 10.4. The molecule has 0 aromatic heterocycles. The molecule has 0 saturated carbocycles. The molecular weight excluding hydrogens is 356 g/mol. The van der Waals surface area contributed by atoms with E-state index in [-0.39, 0.29) is 9.70 Å². The summed E-state index contributed by atoms with van der Waals surface area (Å²) < 4.78 is 5.65. The van der Waals surface area contributed by atoms with Crippen LogP contribution in [0.3, 0.4) is 0 Å². The Morgan fingerprint density at radius 1 is 1.08 bits per heavy atom. The zero-order valence-electron chi connectivity index (χ0n) is 13.2. The minimum absolute atomic E-state index is 0.315. The highest BCUT2D eigenvalue weighted by atomic mass is 33.1. The van der Waals surface area contributed by atoms with E-state index in [0.717, 1.165) is 26.8 Å². The summed E-state index contributed by atoms with van der Waals surface area (Å²) in [6.45, 7) is 4.20. The molecule has 0 bridgehead atoms. The number of nitrogens with one attached hydrogen (secondary N) is 2. The van der Waals surface area contributed by atoms with Gasteiger partial charge < -0.3 is 10.6 Å². The van der Waals surface area contributed by atoms with Crippen LogP contribution in [0.2, 0.25) is 0 Å². The Kier molecular flexibility index (Phi) is 4.07. The Labute approximate surface area is 152 Å². The Bertz CT molecular complexity index is 904. The molecule has 4 nitrogen and oxygen atoms in total. The molecule has 4 rings (SSSR count). The van der Waals surface area contributed by atoms with E-state index < -0.39 is 0 Å². The number of nitrogens with zero attached hydrogens (tertiary/aromatic N) is 2. The van der Waals surface area contributed by atoms with Crippen LogP contribution < -0.4 is 15.5 Å². The molecule has 2 aliphatic heterocycles.